The van der Waals surface area contributed by atoms with Gasteiger partial charge in [-0.1, -0.05) is 25.3 Å². The van der Waals surface area contributed by atoms with Crippen LogP contribution in [0.4, 0.5) is 0 Å². The van der Waals surface area contributed by atoms with Crippen LogP contribution in [0.3, 0.4) is 0 Å². The van der Waals surface area contributed by atoms with Crippen molar-refractivity contribution in [2.75, 3.05) is 20.1 Å². The fraction of sp³-hybridized carbons (Fsp3) is 0.522. The van der Waals surface area contributed by atoms with Crippen LogP contribution >= 0.6 is 0 Å². The quantitative estimate of drug-likeness (QED) is 0.756. The lowest BCUT2D eigenvalue weighted by Crippen LogP contribution is -2.47. The van der Waals surface area contributed by atoms with Crippen molar-refractivity contribution < 1.29 is 9.59 Å². The van der Waals surface area contributed by atoms with Gasteiger partial charge in [0.1, 0.15) is 0 Å². The molecule has 1 saturated heterocycles. The minimum atomic E-state index is -0.0610. The summed E-state index contributed by atoms with van der Waals surface area (Å²) < 4.78 is 0. The first-order valence-electron chi connectivity index (χ1n) is 10.6. The molecule has 2 amide bonds. The molecule has 1 aliphatic heterocycles. The first kappa shape index (κ1) is 18.9. The molecule has 28 heavy (non-hydrogen) atoms. The van der Waals surface area contributed by atoms with Crippen LogP contribution in [-0.2, 0) is 4.79 Å². The number of amides is 2. The SMILES string of the molecule is CN1CCCCCCN(C(=O)c2ccc3ncccc3c2)[C@H]2CCC[C@H]2C1=O. The first-order valence-corrected chi connectivity index (χ1v) is 10.6. The van der Waals surface area contributed by atoms with Gasteiger partial charge in [0.2, 0.25) is 5.91 Å². The number of carbonyl (C=O) groups excluding carboxylic acids is 2. The average molecular weight is 380 g/mol. The molecule has 2 fully saturated rings. The van der Waals surface area contributed by atoms with Gasteiger partial charge in [0.15, 0.2) is 0 Å². The average Bonchev–Trinajstić information content (AvgIpc) is 3.20. The number of hydrogen-bond donors (Lipinski definition) is 0. The third-order valence-corrected chi connectivity index (χ3v) is 6.33. The third-order valence-electron chi connectivity index (χ3n) is 6.33. The van der Waals surface area contributed by atoms with E-state index >= 15 is 0 Å². The zero-order chi connectivity index (χ0) is 19.5. The van der Waals surface area contributed by atoms with Crippen molar-refractivity contribution in [1.82, 2.24) is 14.8 Å². The molecule has 1 saturated carbocycles. The number of benzene rings is 1. The lowest BCUT2D eigenvalue weighted by Gasteiger charge is -2.34. The van der Waals surface area contributed by atoms with Gasteiger partial charge in [0.25, 0.3) is 5.91 Å². The maximum absolute atomic E-state index is 13.5. The largest absolute Gasteiger partial charge is 0.345 e. The summed E-state index contributed by atoms with van der Waals surface area (Å²) in [6, 6.07) is 9.63. The van der Waals surface area contributed by atoms with E-state index < -0.39 is 0 Å². The smallest absolute Gasteiger partial charge is 0.254 e. The summed E-state index contributed by atoms with van der Waals surface area (Å²) in [6.07, 6.45) is 8.85. The van der Waals surface area contributed by atoms with Gasteiger partial charge in [-0.2, -0.15) is 0 Å². The van der Waals surface area contributed by atoms with Gasteiger partial charge < -0.3 is 9.80 Å². The standard InChI is InChI=1S/C23H29N3O2/c1-25-14-4-2-3-5-15-26(21-10-6-9-19(21)23(25)28)22(27)18-11-12-20-17(16-18)8-7-13-24-20/h7-8,11-13,16,19,21H,2-6,9-10,14-15H2,1H3/t19-,21+/m1/s1. The number of rotatable bonds is 1. The fourth-order valence-electron chi connectivity index (χ4n) is 4.77. The Labute approximate surface area is 166 Å². The van der Waals surface area contributed by atoms with E-state index in [2.05, 4.69) is 4.98 Å². The van der Waals surface area contributed by atoms with Gasteiger partial charge in [0.05, 0.1) is 11.4 Å². The maximum atomic E-state index is 13.5. The molecule has 0 spiro atoms. The Morgan fingerprint density at radius 1 is 1.04 bits per heavy atom. The van der Waals surface area contributed by atoms with Crippen molar-refractivity contribution >= 4 is 22.7 Å². The molecule has 1 aromatic carbocycles. The minimum Gasteiger partial charge on any atom is -0.345 e. The van der Waals surface area contributed by atoms with Gasteiger partial charge >= 0.3 is 0 Å². The van der Waals surface area contributed by atoms with E-state index in [1.165, 1.54) is 0 Å². The van der Waals surface area contributed by atoms with Crippen molar-refractivity contribution in [1.29, 1.82) is 0 Å². The second-order valence-corrected chi connectivity index (χ2v) is 8.19. The second-order valence-electron chi connectivity index (χ2n) is 8.19. The molecule has 1 aliphatic carbocycles. The molecule has 5 nitrogen and oxygen atoms in total. The topological polar surface area (TPSA) is 53.5 Å². The number of pyridine rings is 1. The molecule has 0 bridgehead atoms. The summed E-state index contributed by atoms with van der Waals surface area (Å²) in [5, 5.41) is 0.977. The molecule has 0 radical (unpaired) electrons. The molecule has 4 rings (SSSR count). The molecule has 0 unspecified atom stereocenters. The predicted molar refractivity (Wildman–Crippen MR) is 110 cm³/mol. The van der Waals surface area contributed by atoms with Crippen molar-refractivity contribution in [3.05, 3.63) is 42.1 Å². The van der Waals surface area contributed by atoms with Gasteiger partial charge in [-0.3, -0.25) is 14.6 Å². The zero-order valence-electron chi connectivity index (χ0n) is 16.6. The Kier molecular flexibility index (Phi) is 5.60. The molecule has 0 N–H and O–H groups in total. The van der Waals surface area contributed by atoms with Crippen LogP contribution in [0.15, 0.2) is 36.5 Å². The number of fused-ring (bicyclic) bond motifs is 2. The van der Waals surface area contributed by atoms with Gasteiger partial charge in [-0.15, -0.1) is 0 Å². The summed E-state index contributed by atoms with van der Waals surface area (Å²) in [7, 11) is 1.91. The van der Waals surface area contributed by atoms with Crippen LogP contribution in [0.5, 0.6) is 0 Å². The number of nitrogens with zero attached hydrogens (tertiary/aromatic N) is 3. The molecule has 2 aromatic rings. The van der Waals surface area contributed by atoms with Crippen LogP contribution in [0, 0.1) is 5.92 Å². The molecule has 2 atom stereocenters. The van der Waals surface area contributed by atoms with Gasteiger partial charge in [-0.25, -0.2) is 0 Å². The van der Waals surface area contributed by atoms with Crippen LogP contribution in [0.25, 0.3) is 10.9 Å². The summed E-state index contributed by atoms with van der Waals surface area (Å²) in [4.78, 5) is 34.8. The summed E-state index contributed by atoms with van der Waals surface area (Å²) in [5.41, 5.74) is 1.59. The summed E-state index contributed by atoms with van der Waals surface area (Å²) in [5.74, 6) is 0.205. The van der Waals surface area contributed by atoms with E-state index in [1.54, 1.807) is 6.20 Å². The van der Waals surface area contributed by atoms with Gasteiger partial charge in [-0.05, 0) is 49.9 Å². The van der Waals surface area contributed by atoms with Crippen LogP contribution < -0.4 is 0 Å². The highest BCUT2D eigenvalue weighted by molar-refractivity contribution is 5.98. The van der Waals surface area contributed by atoms with Gasteiger partial charge in [0, 0.05) is 43.3 Å². The molecule has 1 aromatic heterocycles. The van der Waals surface area contributed by atoms with Crippen LogP contribution in [0.1, 0.15) is 55.3 Å². The van der Waals surface area contributed by atoms with E-state index in [0.717, 1.165) is 68.9 Å². The molecule has 2 aliphatic rings. The number of hydrogen-bond acceptors (Lipinski definition) is 3. The predicted octanol–water partition coefficient (Wildman–Crippen LogP) is 3.88. The lowest BCUT2D eigenvalue weighted by molar-refractivity contribution is -0.135. The van der Waals surface area contributed by atoms with Crippen molar-refractivity contribution in [3.8, 4) is 0 Å². The van der Waals surface area contributed by atoms with E-state index in [0.29, 0.717) is 5.56 Å². The first-order chi connectivity index (χ1) is 13.6. The summed E-state index contributed by atoms with van der Waals surface area (Å²) >= 11 is 0. The normalized spacial score (nSPS) is 24.1. The van der Waals surface area contributed by atoms with E-state index in [9.17, 15) is 9.59 Å². The minimum absolute atomic E-state index is 0.0187. The Morgan fingerprint density at radius 3 is 2.71 bits per heavy atom. The van der Waals surface area contributed by atoms with E-state index in [-0.39, 0.29) is 23.8 Å². The summed E-state index contributed by atoms with van der Waals surface area (Å²) in [6.45, 7) is 1.57. The number of carbonyl (C=O) groups is 2. The lowest BCUT2D eigenvalue weighted by atomic mass is 9.98. The Morgan fingerprint density at radius 2 is 1.86 bits per heavy atom. The molecule has 5 heteroatoms. The maximum Gasteiger partial charge on any atom is 0.254 e. The highest BCUT2D eigenvalue weighted by Gasteiger charge is 2.40. The number of aromatic nitrogens is 1. The Bertz CT molecular complexity index is 866. The van der Waals surface area contributed by atoms with E-state index in [4.69, 9.17) is 0 Å². The third kappa shape index (κ3) is 3.75. The van der Waals surface area contributed by atoms with Crippen molar-refractivity contribution in [2.45, 2.75) is 51.0 Å². The molecule has 148 valence electrons. The van der Waals surface area contributed by atoms with Crippen molar-refractivity contribution in [2.24, 2.45) is 5.92 Å². The van der Waals surface area contributed by atoms with E-state index in [1.807, 2.05) is 47.2 Å². The zero-order valence-corrected chi connectivity index (χ0v) is 16.6. The van der Waals surface area contributed by atoms with Crippen molar-refractivity contribution in [3.63, 3.8) is 0 Å². The van der Waals surface area contributed by atoms with Crippen LogP contribution in [-0.4, -0.2) is 52.8 Å². The molecular weight excluding hydrogens is 350 g/mol. The van der Waals surface area contributed by atoms with Crippen LogP contribution in [0.2, 0.25) is 0 Å². The molecule has 2 heterocycles. The fourth-order valence-corrected chi connectivity index (χ4v) is 4.77. The Hall–Kier alpha value is -2.43. The highest BCUT2D eigenvalue weighted by Crippen LogP contribution is 2.33. The monoisotopic (exact) mass is 379 g/mol. The second kappa shape index (κ2) is 8.29. The molecular formula is C23H29N3O2. The Balaban J connectivity index is 1.65. The highest BCUT2D eigenvalue weighted by atomic mass is 16.2.